The molecule has 0 radical (unpaired) electrons. The maximum atomic E-state index is 13.5. The van der Waals surface area contributed by atoms with E-state index in [2.05, 4.69) is 15.6 Å². The zero-order valence-corrected chi connectivity index (χ0v) is 14.5. The molecule has 138 valence electrons. The van der Waals surface area contributed by atoms with Gasteiger partial charge in [0.15, 0.2) is 5.69 Å². The Balaban J connectivity index is 1.45. The number of morpholine rings is 1. The molecule has 7 nitrogen and oxygen atoms in total. The number of ether oxygens (including phenoxy) is 1. The van der Waals surface area contributed by atoms with E-state index in [9.17, 15) is 9.18 Å². The Morgan fingerprint density at radius 3 is 2.96 bits per heavy atom. The zero-order valence-electron chi connectivity index (χ0n) is 14.5. The summed E-state index contributed by atoms with van der Waals surface area (Å²) in [4.78, 5) is 14.5. The second-order valence-electron chi connectivity index (χ2n) is 6.73. The van der Waals surface area contributed by atoms with Crippen LogP contribution in [-0.4, -0.2) is 58.6 Å². The second-order valence-corrected chi connectivity index (χ2v) is 6.73. The molecule has 2 fully saturated rings. The highest BCUT2D eigenvalue weighted by Gasteiger charge is 2.28. The van der Waals surface area contributed by atoms with Crippen LogP contribution in [-0.2, 0) is 4.74 Å². The number of halogens is 1. The number of carbonyl (C=O) groups excluding carboxylic acids is 1. The van der Waals surface area contributed by atoms with Crippen molar-refractivity contribution in [3.8, 4) is 0 Å². The SMILES string of the molecule is O=C(c1cn(C2CCNCC2)nn1)N1CCOC(c2cccc(F)c2)C1. The molecule has 0 saturated carbocycles. The summed E-state index contributed by atoms with van der Waals surface area (Å²) < 4.78 is 21.0. The van der Waals surface area contributed by atoms with Gasteiger partial charge in [0.1, 0.15) is 11.9 Å². The van der Waals surface area contributed by atoms with Gasteiger partial charge in [-0.25, -0.2) is 9.07 Å². The number of carbonyl (C=O) groups is 1. The third-order valence-corrected chi connectivity index (χ3v) is 4.99. The molecule has 2 aromatic rings. The number of nitrogens with zero attached hydrogens (tertiary/aromatic N) is 4. The summed E-state index contributed by atoms with van der Waals surface area (Å²) in [5.74, 6) is -0.464. The summed E-state index contributed by atoms with van der Waals surface area (Å²) in [5.41, 5.74) is 1.09. The van der Waals surface area contributed by atoms with Gasteiger partial charge in [0.25, 0.3) is 5.91 Å². The highest BCUT2D eigenvalue weighted by Crippen LogP contribution is 2.24. The average Bonchev–Trinajstić information content (AvgIpc) is 3.18. The zero-order chi connectivity index (χ0) is 17.9. The molecule has 4 rings (SSSR count). The fourth-order valence-corrected chi connectivity index (χ4v) is 3.53. The van der Waals surface area contributed by atoms with Gasteiger partial charge in [-0.3, -0.25) is 4.79 Å². The van der Waals surface area contributed by atoms with Crippen molar-refractivity contribution >= 4 is 5.91 Å². The largest absolute Gasteiger partial charge is 0.370 e. The van der Waals surface area contributed by atoms with Crippen LogP contribution in [0.2, 0.25) is 0 Å². The van der Waals surface area contributed by atoms with E-state index < -0.39 is 0 Å². The van der Waals surface area contributed by atoms with Crippen LogP contribution >= 0.6 is 0 Å². The fourth-order valence-electron chi connectivity index (χ4n) is 3.53. The van der Waals surface area contributed by atoms with Crippen molar-refractivity contribution in [1.82, 2.24) is 25.2 Å². The summed E-state index contributed by atoms with van der Waals surface area (Å²) in [6, 6.07) is 6.60. The molecule has 2 aliphatic rings. The summed E-state index contributed by atoms with van der Waals surface area (Å²) >= 11 is 0. The van der Waals surface area contributed by atoms with Gasteiger partial charge in [0, 0.05) is 6.54 Å². The predicted molar refractivity (Wildman–Crippen MR) is 92.2 cm³/mol. The Bertz CT molecular complexity index is 774. The highest BCUT2D eigenvalue weighted by molar-refractivity contribution is 5.92. The molecule has 1 atom stereocenters. The molecular weight excluding hydrogens is 337 g/mol. The van der Waals surface area contributed by atoms with Crippen LogP contribution in [0.3, 0.4) is 0 Å². The Kier molecular flexibility index (Phi) is 4.94. The van der Waals surface area contributed by atoms with Crippen LogP contribution in [0.15, 0.2) is 30.5 Å². The van der Waals surface area contributed by atoms with Gasteiger partial charge in [-0.1, -0.05) is 17.3 Å². The predicted octanol–water partition coefficient (Wildman–Crippen LogP) is 1.56. The molecule has 26 heavy (non-hydrogen) atoms. The fraction of sp³-hybridized carbons (Fsp3) is 0.500. The Morgan fingerprint density at radius 2 is 2.15 bits per heavy atom. The van der Waals surface area contributed by atoms with Gasteiger partial charge in [-0.15, -0.1) is 5.10 Å². The number of aromatic nitrogens is 3. The minimum Gasteiger partial charge on any atom is -0.370 e. The summed E-state index contributed by atoms with van der Waals surface area (Å²) in [7, 11) is 0. The number of amides is 1. The topological polar surface area (TPSA) is 72.3 Å². The van der Waals surface area contributed by atoms with Crippen molar-refractivity contribution < 1.29 is 13.9 Å². The van der Waals surface area contributed by atoms with Crippen molar-refractivity contribution in [3.63, 3.8) is 0 Å². The second kappa shape index (κ2) is 7.51. The summed E-state index contributed by atoms with van der Waals surface area (Å²) in [5, 5.41) is 11.5. The molecule has 0 aliphatic carbocycles. The number of hydrogen-bond donors (Lipinski definition) is 1. The highest BCUT2D eigenvalue weighted by atomic mass is 19.1. The first kappa shape index (κ1) is 17.1. The van der Waals surface area contributed by atoms with Crippen molar-refractivity contribution in [2.45, 2.75) is 25.0 Å². The average molecular weight is 359 g/mol. The molecule has 0 spiro atoms. The van der Waals surface area contributed by atoms with Crippen molar-refractivity contribution in [3.05, 3.63) is 47.5 Å². The van der Waals surface area contributed by atoms with Gasteiger partial charge in [-0.05, 0) is 43.6 Å². The lowest BCUT2D eigenvalue weighted by Gasteiger charge is -2.32. The Labute approximate surface area is 151 Å². The lowest BCUT2D eigenvalue weighted by Crippen LogP contribution is -2.42. The molecule has 1 amide bonds. The molecule has 1 N–H and O–H groups in total. The Hall–Kier alpha value is -2.32. The van der Waals surface area contributed by atoms with E-state index in [0.29, 0.717) is 25.4 Å². The molecular formula is C18H22FN5O2. The van der Waals surface area contributed by atoms with Crippen LogP contribution in [0.5, 0.6) is 0 Å². The molecule has 1 unspecified atom stereocenters. The normalized spacial score (nSPS) is 21.7. The van der Waals surface area contributed by atoms with Crippen molar-refractivity contribution in [1.29, 1.82) is 0 Å². The molecule has 8 heteroatoms. The first-order valence-electron chi connectivity index (χ1n) is 8.99. The minimum absolute atomic E-state index is 0.158. The van der Waals surface area contributed by atoms with Gasteiger partial charge in [0.05, 0.1) is 25.4 Å². The first-order valence-corrected chi connectivity index (χ1v) is 8.99. The van der Waals surface area contributed by atoms with Crippen LogP contribution < -0.4 is 5.32 Å². The lowest BCUT2D eigenvalue weighted by molar-refractivity contribution is -0.0231. The number of piperidine rings is 1. The maximum absolute atomic E-state index is 13.5. The quantitative estimate of drug-likeness (QED) is 0.900. The van der Waals surface area contributed by atoms with E-state index in [1.807, 2.05) is 6.07 Å². The van der Waals surface area contributed by atoms with Crippen LogP contribution in [0.25, 0.3) is 0 Å². The third-order valence-electron chi connectivity index (χ3n) is 4.99. The molecule has 3 heterocycles. The van der Waals surface area contributed by atoms with Crippen molar-refractivity contribution in [2.24, 2.45) is 0 Å². The van der Waals surface area contributed by atoms with E-state index in [1.54, 1.807) is 21.8 Å². The lowest BCUT2D eigenvalue weighted by atomic mass is 10.1. The van der Waals surface area contributed by atoms with Crippen LogP contribution in [0.1, 0.15) is 41.0 Å². The van der Waals surface area contributed by atoms with Gasteiger partial charge < -0.3 is 15.0 Å². The maximum Gasteiger partial charge on any atom is 0.276 e. The molecule has 1 aromatic carbocycles. The van der Waals surface area contributed by atoms with Crippen molar-refractivity contribution in [2.75, 3.05) is 32.8 Å². The number of benzene rings is 1. The van der Waals surface area contributed by atoms with E-state index in [0.717, 1.165) is 31.5 Å². The molecule has 0 bridgehead atoms. The molecule has 1 aromatic heterocycles. The summed E-state index contributed by atoms with van der Waals surface area (Å²) in [6.07, 6.45) is 3.38. The molecule has 2 saturated heterocycles. The van der Waals surface area contributed by atoms with E-state index in [-0.39, 0.29) is 23.9 Å². The summed E-state index contributed by atoms with van der Waals surface area (Å²) in [6.45, 7) is 3.18. The van der Waals surface area contributed by atoms with Gasteiger partial charge in [-0.2, -0.15) is 0 Å². The molecule has 2 aliphatic heterocycles. The number of nitrogens with one attached hydrogen (secondary N) is 1. The van der Waals surface area contributed by atoms with E-state index >= 15 is 0 Å². The van der Waals surface area contributed by atoms with E-state index in [1.165, 1.54) is 12.1 Å². The minimum atomic E-state index is -0.331. The van der Waals surface area contributed by atoms with Crippen LogP contribution in [0.4, 0.5) is 4.39 Å². The Morgan fingerprint density at radius 1 is 1.31 bits per heavy atom. The number of rotatable bonds is 3. The first-order chi connectivity index (χ1) is 12.7. The third kappa shape index (κ3) is 3.61. The van der Waals surface area contributed by atoms with Gasteiger partial charge >= 0.3 is 0 Å². The standard InChI is InChI=1S/C18H22FN5O2/c19-14-3-1-2-13(10-14)17-12-23(8-9-26-17)18(25)16-11-24(22-21-16)15-4-6-20-7-5-15/h1-3,10-11,15,17,20H,4-9,12H2. The smallest absolute Gasteiger partial charge is 0.276 e. The number of hydrogen-bond acceptors (Lipinski definition) is 5. The van der Waals surface area contributed by atoms with E-state index in [4.69, 9.17) is 4.74 Å². The van der Waals surface area contributed by atoms with Crippen LogP contribution in [0, 0.1) is 5.82 Å². The van der Waals surface area contributed by atoms with Gasteiger partial charge in [0.2, 0.25) is 0 Å². The monoisotopic (exact) mass is 359 g/mol.